The minimum atomic E-state index is -0.861. The van der Waals surface area contributed by atoms with Gasteiger partial charge in [-0.25, -0.2) is 0 Å². The van der Waals surface area contributed by atoms with E-state index in [0.717, 1.165) is 29.7 Å². The molecule has 2 atom stereocenters. The molecule has 0 amide bonds. The lowest BCUT2D eigenvalue weighted by molar-refractivity contribution is -0.136. The molecule has 0 aliphatic rings. The Morgan fingerprint density at radius 3 is 1.45 bits per heavy atom. The fourth-order valence-electron chi connectivity index (χ4n) is 5.63. The molecule has 4 nitrogen and oxygen atoms in total. The van der Waals surface area contributed by atoms with Crippen molar-refractivity contribution in [1.29, 1.82) is 0 Å². The van der Waals surface area contributed by atoms with Crippen LogP contribution in [0.25, 0.3) is 0 Å². The number of carbonyl (C=O) groups excluding carboxylic acids is 1. The highest BCUT2D eigenvalue weighted by molar-refractivity contribution is 5.99. The van der Waals surface area contributed by atoms with Crippen LogP contribution < -0.4 is 0 Å². The summed E-state index contributed by atoms with van der Waals surface area (Å²) in [6.45, 7) is 19.6. The Morgan fingerprint density at radius 2 is 1.07 bits per heavy atom. The highest BCUT2D eigenvalue weighted by atomic mass is 16.4. The van der Waals surface area contributed by atoms with E-state index in [2.05, 4.69) is 67.3 Å². The smallest absolute Gasteiger partial charge is 0.309 e. The molecule has 232 valence electrons. The molecule has 0 bridgehead atoms. The van der Waals surface area contributed by atoms with Crippen molar-refractivity contribution in [3.63, 3.8) is 0 Å². The van der Waals surface area contributed by atoms with Gasteiger partial charge in [0.05, 0.1) is 6.42 Å². The summed E-state index contributed by atoms with van der Waals surface area (Å²) >= 11 is 0. The number of hydrogen-bond acceptors (Lipinski definition) is 2. The third kappa shape index (κ3) is 12.9. The number of Topliss-reactive ketones (excluding diaryl/α,β-unsaturated/α-hetero) is 1. The summed E-state index contributed by atoms with van der Waals surface area (Å²) in [5.74, 6) is -0.500. The van der Waals surface area contributed by atoms with E-state index in [9.17, 15) is 14.7 Å². The number of aliphatic carboxylic acids is 1. The van der Waals surface area contributed by atoms with Crippen molar-refractivity contribution in [1.82, 2.24) is 4.98 Å². The molecule has 0 fully saturated rings. The van der Waals surface area contributed by atoms with E-state index in [0.29, 0.717) is 12.1 Å². The van der Waals surface area contributed by atoms with Gasteiger partial charge in [-0.3, -0.25) is 9.59 Å². The van der Waals surface area contributed by atoms with Crippen molar-refractivity contribution in [3.8, 4) is 0 Å². The number of carboxylic acids is 1. The third-order valence-electron chi connectivity index (χ3n) is 9.23. The average Bonchev–Trinajstić information content (AvgIpc) is 3.22. The van der Waals surface area contributed by atoms with Crippen LogP contribution >= 0.6 is 0 Å². The van der Waals surface area contributed by atoms with E-state index in [-0.39, 0.29) is 34.9 Å². The maximum absolute atomic E-state index is 13.8. The van der Waals surface area contributed by atoms with Crippen molar-refractivity contribution in [2.75, 3.05) is 0 Å². The van der Waals surface area contributed by atoms with Crippen molar-refractivity contribution in [2.24, 2.45) is 10.8 Å². The van der Waals surface area contributed by atoms with Crippen LogP contribution in [0.4, 0.5) is 0 Å². The number of hydrogen-bond donors (Lipinski definition) is 2. The first-order valence-corrected chi connectivity index (χ1v) is 16.7. The van der Waals surface area contributed by atoms with E-state index >= 15 is 0 Å². The standard InChI is InChI=1S/C36H65NO3/c1-10-11-12-13-14-15-16-17-18-19-20-21-22-23-24-25-30(38)33-32(27(2)35(4,5)6)29(26-31(39)40)37-34(33)28(3)36(7,8)9/h27-28,37H,10-26H2,1-9H3,(H,39,40). The van der Waals surface area contributed by atoms with Gasteiger partial charge in [-0.1, -0.05) is 152 Å². The first kappa shape index (κ1) is 36.4. The van der Waals surface area contributed by atoms with Gasteiger partial charge in [0, 0.05) is 29.3 Å². The quantitative estimate of drug-likeness (QED) is 0.116. The fourth-order valence-corrected chi connectivity index (χ4v) is 5.63. The molecule has 0 aliphatic carbocycles. The Kier molecular flexibility index (Phi) is 16.5. The zero-order valence-corrected chi connectivity index (χ0v) is 27.9. The second-order valence-electron chi connectivity index (χ2n) is 14.7. The van der Waals surface area contributed by atoms with E-state index in [1.165, 1.54) is 83.5 Å². The molecule has 1 heterocycles. The number of nitrogens with one attached hydrogen (secondary N) is 1. The Balaban J connectivity index is 2.68. The molecule has 0 aliphatic heterocycles. The summed E-state index contributed by atoms with van der Waals surface area (Å²) in [6, 6.07) is 0. The minimum absolute atomic E-state index is 0.0444. The van der Waals surface area contributed by atoms with Gasteiger partial charge in [-0.05, 0) is 28.7 Å². The van der Waals surface area contributed by atoms with Gasteiger partial charge in [-0.2, -0.15) is 0 Å². The van der Waals surface area contributed by atoms with Gasteiger partial charge in [-0.15, -0.1) is 0 Å². The SMILES string of the molecule is CCCCCCCCCCCCCCCCCC(=O)c1c(C(C)C(C)(C)C)[nH]c(CC(=O)O)c1C(C)C(C)(C)C. The predicted octanol–water partition coefficient (Wildman–Crippen LogP) is 11.4. The zero-order chi connectivity index (χ0) is 30.3. The number of carboxylic acid groups (broad SMARTS) is 1. The van der Waals surface area contributed by atoms with E-state index in [1.54, 1.807) is 0 Å². The predicted molar refractivity (Wildman–Crippen MR) is 172 cm³/mol. The summed E-state index contributed by atoms with van der Waals surface area (Å²) in [7, 11) is 0. The molecule has 0 aromatic carbocycles. The van der Waals surface area contributed by atoms with Gasteiger partial charge in [0.25, 0.3) is 0 Å². The maximum atomic E-state index is 13.8. The molecular formula is C36H65NO3. The van der Waals surface area contributed by atoms with Crippen molar-refractivity contribution in [3.05, 3.63) is 22.5 Å². The maximum Gasteiger partial charge on any atom is 0.309 e. The summed E-state index contributed by atoms with van der Waals surface area (Å²) < 4.78 is 0. The van der Waals surface area contributed by atoms with Crippen LogP contribution in [0, 0.1) is 10.8 Å². The summed E-state index contributed by atoms with van der Waals surface area (Å²) in [4.78, 5) is 29.1. The summed E-state index contributed by atoms with van der Waals surface area (Å²) in [5, 5.41) is 9.66. The van der Waals surface area contributed by atoms with Crippen LogP contribution in [-0.4, -0.2) is 21.8 Å². The topological polar surface area (TPSA) is 70.2 Å². The van der Waals surface area contributed by atoms with Gasteiger partial charge in [0.15, 0.2) is 5.78 Å². The van der Waals surface area contributed by atoms with Crippen molar-refractivity contribution < 1.29 is 14.7 Å². The Morgan fingerprint density at radius 1 is 0.675 bits per heavy atom. The van der Waals surface area contributed by atoms with Crippen molar-refractivity contribution >= 4 is 11.8 Å². The highest BCUT2D eigenvalue weighted by Crippen LogP contribution is 2.44. The number of H-pyrrole nitrogens is 1. The van der Waals surface area contributed by atoms with Crippen LogP contribution in [0.3, 0.4) is 0 Å². The number of aromatic nitrogens is 1. The molecule has 0 saturated heterocycles. The van der Waals surface area contributed by atoms with Gasteiger partial charge in [0.1, 0.15) is 0 Å². The molecule has 4 heteroatoms. The molecule has 1 aromatic heterocycles. The highest BCUT2D eigenvalue weighted by Gasteiger charge is 2.36. The van der Waals surface area contributed by atoms with Crippen LogP contribution in [-0.2, 0) is 11.2 Å². The van der Waals surface area contributed by atoms with Crippen molar-refractivity contribution in [2.45, 2.75) is 183 Å². The first-order valence-electron chi connectivity index (χ1n) is 16.7. The molecule has 0 saturated carbocycles. The Bertz CT molecular complexity index is 868. The molecule has 1 aromatic rings. The summed E-state index contributed by atoms with van der Waals surface area (Å²) in [6.07, 6.45) is 20.1. The number of unbranched alkanes of at least 4 members (excludes halogenated alkanes) is 14. The second-order valence-corrected chi connectivity index (χ2v) is 14.7. The van der Waals surface area contributed by atoms with Gasteiger partial charge >= 0.3 is 5.97 Å². The van der Waals surface area contributed by atoms with E-state index in [1.807, 2.05) is 0 Å². The minimum Gasteiger partial charge on any atom is -0.481 e. The molecule has 0 spiro atoms. The number of ketones is 1. The number of rotatable bonds is 21. The average molecular weight is 560 g/mol. The Hall–Kier alpha value is -1.58. The molecule has 2 unspecified atom stereocenters. The third-order valence-corrected chi connectivity index (χ3v) is 9.23. The van der Waals surface area contributed by atoms with Gasteiger partial charge < -0.3 is 10.1 Å². The lowest BCUT2D eigenvalue weighted by Crippen LogP contribution is -2.21. The molecule has 2 N–H and O–H groups in total. The van der Waals surface area contributed by atoms with Gasteiger partial charge in [0.2, 0.25) is 0 Å². The number of carbonyl (C=O) groups is 2. The zero-order valence-electron chi connectivity index (χ0n) is 27.9. The monoisotopic (exact) mass is 559 g/mol. The van der Waals surface area contributed by atoms with E-state index < -0.39 is 5.97 Å². The lowest BCUT2D eigenvalue weighted by Gasteiger charge is -2.30. The largest absolute Gasteiger partial charge is 0.481 e. The first-order chi connectivity index (χ1) is 18.7. The summed E-state index contributed by atoms with van der Waals surface area (Å²) in [5.41, 5.74) is 3.23. The number of aromatic amines is 1. The molecular weight excluding hydrogens is 494 g/mol. The second kappa shape index (κ2) is 18.1. The molecule has 0 radical (unpaired) electrons. The van der Waals surface area contributed by atoms with Crippen LogP contribution in [0.2, 0.25) is 0 Å². The van der Waals surface area contributed by atoms with E-state index in [4.69, 9.17) is 0 Å². The normalized spacial score (nSPS) is 13.9. The molecule has 40 heavy (non-hydrogen) atoms. The van der Waals surface area contributed by atoms with Crippen LogP contribution in [0.5, 0.6) is 0 Å². The Labute approximate surface area is 247 Å². The lowest BCUT2D eigenvalue weighted by atomic mass is 9.73. The fraction of sp³-hybridized carbons (Fsp3) is 0.833. The molecule has 1 rings (SSSR count). The van der Waals surface area contributed by atoms with Crippen LogP contribution in [0.15, 0.2) is 0 Å². The van der Waals surface area contributed by atoms with Crippen LogP contribution in [0.1, 0.15) is 204 Å².